The van der Waals surface area contributed by atoms with Gasteiger partial charge in [0.2, 0.25) is 0 Å². The molecule has 0 spiro atoms. The van der Waals surface area contributed by atoms with Gasteiger partial charge in [-0.3, -0.25) is 14.3 Å². The van der Waals surface area contributed by atoms with Crippen LogP contribution in [0.5, 0.6) is 0 Å². The van der Waals surface area contributed by atoms with Crippen LogP contribution in [0.1, 0.15) is 0 Å². The van der Waals surface area contributed by atoms with Crippen molar-refractivity contribution in [2.24, 2.45) is 0 Å². The number of pyridine rings is 1. The molecule has 35 heavy (non-hydrogen) atoms. The lowest BCUT2D eigenvalue weighted by Gasteiger charge is -2.47. The normalized spacial score (nSPS) is 14.7. The average molecular weight is 530 g/mol. The molecule has 1 saturated heterocycles. The van der Waals surface area contributed by atoms with Crippen LogP contribution in [0.3, 0.4) is 0 Å². The summed E-state index contributed by atoms with van der Waals surface area (Å²) in [7, 11) is 0. The number of anilines is 1. The monoisotopic (exact) mass is 529 g/mol. The van der Waals surface area contributed by atoms with Crippen LogP contribution in [0.25, 0.3) is 16.8 Å². The van der Waals surface area contributed by atoms with Gasteiger partial charge in [0.15, 0.2) is 17.2 Å². The highest BCUT2D eigenvalue weighted by atomic mass is 35.5. The molecule has 4 rings (SSSR count). The molecule has 1 aliphatic rings. The van der Waals surface area contributed by atoms with Gasteiger partial charge in [-0.1, -0.05) is 23.2 Å². The van der Waals surface area contributed by atoms with E-state index in [0.717, 1.165) is 21.7 Å². The lowest BCUT2D eigenvalue weighted by atomic mass is 9.93. The Morgan fingerprint density at radius 3 is 2.43 bits per heavy atom. The number of benzene rings is 1. The second kappa shape index (κ2) is 8.99. The molecule has 8 nitrogen and oxygen atoms in total. The fraction of sp³-hybridized carbons (Fsp3) is 0.238. The van der Waals surface area contributed by atoms with Gasteiger partial charge >= 0.3 is 5.69 Å². The molecular weight excluding hydrogens is 517 g/mol. The number of hydrogen-bond donors (Lipinski definition) is 1. The van der Waals surface area contributed by atoms with E-state index in [-0.39, 0.29) is 22.1 Å². The van der Waals surface area contributed by atoms with Gasteiger partial charge in [-0.25, -0.2) is 26.9 Å². The van der Waals surface area contributed by atoms with Crippen molar-refractivity contribution in [1.29, 1.82) is 5.26 Å². The predicted octanol–water partition coefficient (Wildman–Crippen LogP) is 2.99. The molecule has 3 aromatic rings. The number of β-amino-alcohol motifs (C(OH)–C–C–N with tert-alkyl or cyclic N) is 1. The number of hydrogen-bond acceptors (Lipinski definition) is 6. The topological polar surface area (TPSA) is 104 Å². The lowest BCUT2D eigenvalue weighted by molar-refractivity contribution is -0.112. The number of aliphatic hydroxyl groups is 1. The van der Waals surface area contributed by atoms with E-state index >= 15 is 0 Å². The number of nitrogens with zero attached hydrogens (tertiary/aromatic N) is 5. The Labute approximate surface area is 203 Å². The Balaban J connectivity index is 2.10. The van der Waals surface area contributed by atoms with Crippen LogP contribution in [0, 0.1) is 23.0 Å². The van der Waals surface area contributed by atoms with E-state index in [1.807, 2.05) is 0 Å². The maximum Gasteiger partial charge on any atom is 0.338 e. The summed E-state index contributed by atoms with van der Waals surface area (Å²) < 4.78 is 56.0. The van der Waals surface area contributed by atoms with Crippen molar-refractivity contribution in [3.8, 4) is 22.9 Å². The van der Waals surface area contributed by atoms with E-state index in [1.54, 1.807) is 6.07 Å². The van der Waals surface area contributed by atoms with Crippen molar-refractivity contribution in [3.63, 3.8) is 0 Å². The van der Waals surface area contributed by atoms with Crippen molar-refractivity contribution in [1.82, 2.24) is 14.1 Å². The van der Waals surface area contributed by atoms with Crippen molar-refractivity contribution >= 4 is 29.0 Å². The standard InChI is InChI=1S/C21H13Cl2F4N5O3/c22-11-5-12(7-29-6-11)32-18(33)15(10-3-13(23)16(25)14(24)4-10)17(31(2-1-28)20(32)34)30-8-21(35,9-30)19(26)27/h3-7,19,35H,2,8-9H2. The molecule has 0 aliphatic carbocycles. The highest BCUT2D eigenvalue weighted by Gasteiger charge is 2.50. The zero-order valence-corrected chi connectivity index (χ0v) is 18.9. The van der Waals surface area contributed by atoms with Crippen LogP contribution >= 0.6 is 23.2 Å². The van der Waals surface area contributed by atoms with Crippen molar-refractivity contribution in [3.05, 3.63) is 73.1 Å². The van der Waals surface area contributed by atoms with Crippen molar-refractivity contribution in [2.75, 3.05) is 18.0 Å². The SMILES string of the molecule is N#CCn1c(N2CC(O)(C(F)F)C2)c(-c2cc(F)c(F)c(Cl)c2)c(=O)n(-c2cncc(Cl)c2)c1=O. The highest BCUT2D eigenvalue weighted by Crippen LogP contribution is 2.37. The van der Waals surface area contributed by atoms with Crippen LogP contribution in [-0.4, -0.2) is 44.3 Å². The van der Waals surface area contributed by atoms with Crippen LogP contribution in [0.2, 0.25) is 10.0 Å². The van der Waals surface area contributed by atoms with E-state index in [4.69, 9.17) is 23.2 Å². The first-order valence-corrected chi connectivity index (χ1v) is 10.5. The zero-order valence-electron chi connectivity index (χ0n) is 17.4. The van der Waals surface area contributed by atoms with Crippen LogP contribution in [0.4, 0.5) is 23.4 Å². The molecule has 0 bridgehead atoms. The molecule has 1 aromatic carbocycles. The van der Waals surface area contributed by atoms with E-state index < -0.39 is 65.1 Å². The van der Waals surface area contributed by atoms with Gasteiger partial charge in [-0.05, 0) is 23.8 Å². The number of halogens is 6. The second-order valence-electron chi connectivity index (χ2n) is 7.74. The molecule has 14 heteroatoms. The molecule has 3 heterocycles. The molecule has 182 valence electrons. The molecule has 2 aromatic heterocycles. The minimum absolute atomic E-state index is 0.0619. The number of aromatic nitrogens is 3. The van der Waals surface area contributed by atoms with Gasteiger partial charge in [0.25, 0.3) is 12.0 Å². The Kier molecular flexibility index (Phi) is 6.35. The minimum Gasteiger partial charge on any atom is -0.380 e. The van der Waals surface area contributed by atoms with E-state index in [1.165, 1.54) is 12.3 Å². The maximum atomic E-state index is 14.2. The van der Waals surface area contributed by atoms with Crippen LogP contribution < -0.4 is 16.1 Å². The lowest BCUT2D eigenvalue weighted by Crippen LogP contribution is -2.67. The molecule has 0 radical (unpaired) electrons. The Morgan fingerprint density at radius 2 is 1.86 bits per heavy atom. The average Bonchev–Trinajstić information content (AvgIpc) is 2.76. The highest BCUT2D eigenvalue weighted by molar-refractivity contribution is 6.31. The van der Waals surface area contributed by atoms with Gasteiger partial charge in [0.1, 0.15) is 12.4 Å². The van der Waals surface area contributed by atoms with Gasteiger partial charge in [-0.2, -0.15) is 5.26 Å². The first kappa shape index (κ1) is 24.7. The minimum atomic E-state index is -3.14. The summed E-state index contributed by atoms with van der Waals surface area (Å²) in [5, 5.41) is 18.8. The first-order chi connectivity index (χ1) is 16.5. The van der Waals surface area contributed by atoms with E-state index in [9.17, 15) is 37.5 Å². The van der Waals surface area contributed by atoms with Crippen molar-refractivity contribution in [2.45, 2.75) is 18.6 Å². The molecular formula is C21H13Cl2F4N5O3. The summed E-state index contributed by atoms with van der Waals surface area (Å²) in [4.78, 5) is 31.8. The van der Waals surface area contributed by atoms with Crippen LogP contribution in [0.15, 0.2) is 40.2 Å². The van der Waals surface area contributed by atoms with Crippen molar-refractivity contribution < 1.29 is 22.7 Å². The Bertz CT molecular complexity index is 1470. The second-order valence-corrected chi connectivity index (χ2v) is 8.59. The smallest absolute Gasteiger partial charge is 0.338 e. The molecule has 1 N–H and O–H groups in total. The third-order valence-electron chi connectivity index (χ3n) is 5.40. The fourth-order valence-electron chi connectivity index (χ4n) is 3.79. The third kappa shape index (κ3) is 4.16. The summed E-state index contributed by atoms with van der Waals surface area (Å²) in [6.07, 6.45) is -0.778. The molecule has 0 atom stereocenters. The summed E-state index contributed by atoms with van der Waals surface area (Å²) in [5.41, 5.74) is -5.41. The van der Waals surface area contributed by atoms with Gasteiger partial charge < -0.3 is 10.0 Å². The largest absolute Gasteiger partial charge is 0.380 e. The summed E-state index contributed by atoms with van der Waals surface area (Å²) in [6, 6.07) is 4.53. The Hall–Kier alpha value is -3.40. The van der Waals surface area contributed by atoms with Gasteiger partial charge in [0.05, 0.1) is 46.7 Å². The molecule has 0 amide bonds. The van der Waals surface area contributed by atoms with Gasteiger partial charge in [0, 0.05) is 6.20 Å². The summed E-state index contributed by atoms with van der Waals surface area (Å²) >= 11 is 11.7. The summed E-state index contributed by atoms with van der Waals surface area (Å²) in [5.74, 6) is -3.16. The van der Waals surface area contributed by atoms with E-state index in [0.29, 0.717) is 10.6 Å². The number of nitriles is 1. The third-order valence-corrected chi connectivity index (χ3v) is 5.89. The fourth-order valence-corrected chi connectivity index (χ4v) is 4.16. The molecule has 0 unspecified atom stereocenters. The maximum absolute atomic E-state index is 14.2. The van der Waals surface area contributed by atoms with E-state index in [2.05, 4.69) is 4.98 Å². The first-order valence-electron chi connectivity index (χ1n) is 9.76. The number of rotatable bonds is 5. The quantitative estimate of drug-likeness (QED) is 0.402. The molecule has 1 aliphatic heterocycles. The zero-order chi connectivity index (χ0) is 25.7. The molecule has 1 fully saturated rings. The van der Waals surface area contributed by atoms with Gasteiger partial charge in [-0.15, -0.1) is 0 Å². The number of alkyl halides is 2. The predicted molar refractivity (Wildman–Crippen MR) is 118 cm³/mol. The van der Waals surface area contributed by atoms with Crippen LogP contribution in [-0.2, 0) is 6.54 Å². The molecule has 0 saturated carbocycles. The summed E-state index contributed by atoms with van der Waals surface area (Å²) in [6.45, 7) is -2.07. The Morgan fingerprint density at radius 1 is 1.17 bits per heavy atom.